The summed E-state index contributed by atoms with van der Waals surface area (Å²) in [5.41, 5.74) is 0. The van der Waals surface area contributed by atoms with Crippen LogP contribution in [0.25, 0.3) is 0 Å². The molecule has 1 aliphatic rings. The third kappa shape index (κ3) is 2.74. The van der Waals surface area contributed by atoms with E-state index in [2.05, 4.69) is 5.92 Å². The van der Waals surface area contributed by atoms with Crippen LogP contribution in [-0.4, -0.2) is 36.6 Å². The molecule has 78 valence electrons. The molecule has 1 rings (SSSR count). The van der Waals surface area contributed by atoms with Crippen molar-refractivity contribution in [2.75, 3.05) is 19.7 Å². The van der Waals surface area contributed by atoms with Crippen LogP contribution < -0.4 is 0 Å². The summed E-state index contributed by atoms with van der Waals surface area (Å²) in [6, 6.07) is 0. The fourth-order valence-electron chi connectivity index (χ4n) is 1.62. The van der Waals surface area contributed by atoms with Gasteiger partial charge >= 0.3 is 0 Å². The van der Waals surface area contributed by atoms with Crippen LogP contribution in [0, 0.1) is 12.3 Å². The number of nitrogens with zero attached hydrogens (tertiary/aromatic N) is 1. The fraction of sp³-hybridized carbons (Fsp3) is 0.727. The average molecular weight is 195 g/mol. The second-order valence-corrected chi connectivity index (χ2v) is 3.47. The highest BCUT2D eigenvalue weighted by Crippen LogP contribution is 2.14. The Balaban J connectivity index is 2.49. The van der Waals surface area contributed by atoms with Gasteiger partial charge in [0, 0.05) is 13.2 Å². The van der Waals surface area contributed by atoms with Crippen LogP contribution in [0.1, 0.15) is 26.2 Å². The first-order valence-electron chi connectivity index (χ1n) is 5.13. The van der Waals surface area contributed by atoms with E-state index in [1.807, 2.05) is 6.92 Å². The summed E-state index contributed by atoms with van der Waals surface area (Å²) in [6.45, 7) is 3.86. The van der Waals surface area contributed by atoms with Crippen LogP contribution in [0.5, 0.6) is 0 Å². The Hall–Kier alpha value is -1.01. The van der Waals surface area contributed by atoms with Crippen LogP contribution >= 0.6 is 0 Å². The number of amides is 1. The third-order valence-electron chi connectivity index (χ3n) is 2.29. The smallest absolute Gasteiger partial charge is 0.252 e. The van der Waals surface area contributed by atoms with Crippen molar-refractivity contribution in [1.29, 1.82) is 0 Å². The molecular formula is C11H17NO2. The van der Waals surface area contributed by atoms with Gasteiger partial charge in [0.05, 0.1) is 6.54 Å². The van der Waals surface area contributed by atoms with E-state index in [1.54, 1.807) is 4.90 Å². The molecule has 1 fully saturated rings. The summed E-state index contributed by atoms with van der Waals surface area (Å²) in [5, 5.41) is 0. The van der Waals surface area contributed by atoms with E-state index in [0.29, 0.717) is 13.2 Å². The van der Waals surface area contributed by atoms with Crippen molar-refractivity contribution in [3.05, 3.63) is 0 Å². The zero-order valence-corrected chi connectivity index (χ0v) is 8.66. The van der Waals surface area contributed by atoms with Gasteiger partial charge in [-0.1, -0.05) is 12.8 Å². The molecule has 3 heteroatoms. The van der Waals surface area contributed by atoms with Crippen LogP contribution in [0.3, 0.4) is 0 Å². The largest absolute Gasteiger partial charge is 0.368 e. The quantitative estimate of drug-likeness (QED) is 0.627. The lowest BCUT2D eigenvalue weighted by Gasteiger charge is -2.22. The first-order chi connectivity index (χ1) is 6.79. The predicted octanol–water partition coefficient (Wildman–Crippen LogP) is 1.04. The third-order valence-corrected chi connectivity index (χ3v) is 2.29. The maximum atomic E-state index is 11.8. The Morgan fingerprint density at radius 3 is 3.00 bits per heavy atom. The van der Waals surface area contributed by atoms with E-state index in [9.17, 15) is 4.79 Å². The minimum absolute atomic E-state index is 0.0577. The number of rotatable bonds is 4. The van der Waals surface area contributed by atoms with Crippen molar-refractivity contribution in [2.45, 2.75) is 32.3 Å². The topological polar surface area (TPSA) is 29.5 Å². The molecular weight excluding hydrogens is 178 g/mol. The van der Waals surface area contributed by atoms with Crippen molar-refractivity contribution in [3.63, 3.8) is 0 Å². The van der Waals surface area contributed by atoms with Gasteiger partial charge in [-0.3, -0.25) is 4.79 Å². The molecule has 0 aromatic rings. The Labute approximate surface area is 85.4 Å². The molecule has 1 atom stereocenters. The van der Waals surface area contributed by atoms with Gasteiger partial charge in [0.2, 0.25) is 0 Å². The average Bonchev–Trinajstić information content (AvgIpc) is 2.69. The molecule has 0 radical (unpaired) electrons. The summed E-state index contributed by atoms with van der Waals surface area (Å²) in [6.07, 6.45) is 7.72. The normalized spacial score (nSPS) is 20.4. The minimum atomic E-state index is -0.241. The zero-order valence-electron chi connectivity index (χ0n) is 8.66. The molecule has 1 amide bonds. The Kier molecular flexibility index (Phi) is 4.48. The van der Waals surface area contributed by atoms with E-state index >= 15 is 0 Å². The van der Waals surface area contributed by atoms with E-state index in [1.165, 1.54) is 0 Å². The highest BCUT2D eigenvalue weighted by atomic mass is 16.5. The van der Waals surface area contributed by atoms with Crippen molar-refractivity contribution < 1.29 is 9.53 Å². The second kappa shape index (κ2) is 5.66. The van der Waals surface area contributed by atoms with Crippen molar-refractivity contribution in [3.8, 4) is 12.3 Å². The molecule has 14 heavy (non-hydrogen) atoms. The molecule has 0 N–H and O–H groups in total. The highest BCUT2D eigenvalue weighted by Gasteiger charge is 2.27. The van der Waals surface area contributed by atoms with E-state index < -0.39 is 0 Å². The fourth-order valence-corrected chi connectivity index (χ4v) is 1.62. The molecule has 1 heterocycles. The lowest BCUT2D eigenvalue weighted by atomic mass is 10.2. The van der Waals surface area contributed by atoms with E-state index in [4.69, 9.17) is 11.2 Å². The molecule has 1 unspecified atom stereocenters. The summed E-state index contributed by atoms with van der Waals surface area (Å²) >= 11 is 0. The van der Waals surface area contributed by atoms with E-state index in [0.717, 1.165) is 25.8 Å². The first kappa shape index (κ1) is 11.1. The highest BCUT2D eigenvalue weighted by molar-refractivity contribution is 5.81. The van der Waals surface area contributed by atoms with Gasteiger partial charge in [-0.15, -0.1) is 6.42 Å². The van der Waals surface area contributed by atoms with Crippen LogP contribution in [0.4, 0.5) is 0 Å². The minimum Gasteiger partial charge on any atom is -0.368 e. The number of carbonyl (C=O) groups is 1. The molecule has 0 aromatic carbocycles. The Bertz CT molecular complexity index is 226. The monoisotopic (exact) mass is 195 g/mol. The van der Waals surface area contributed by atoms with Crippen molar-refractivity contribution in [1.82, 2.24) is 4.90 Å². The van der Waals surface area contributed by atoms with Gasteiger partial charge in [0.25, 0.3) is 5.91 Å². The number of ether oxygens (including phenoxy) is 1. The van der Waals surface area contributed by atoms with Gasteiger partial charge < -0.3 is 9.64 Å². The summed E-state index contributed by atoms with van der Waals surface area (Å²) in [5.74, 6) is 2.56. The van der Waals surface area contributed by atoms with Crippen molar-refractivity contribution in [2.24, 2.45) is 0 Å². The van der Waals surface area contributed by atoms with Gasteiger partial charge in [0.1, 0.15) is 6.10 Å². The molecule has 0 bridgehead atoms. The van der Waals surface area contributed by atoms with Gasteiger partial charge in [0.15, 0.2) is 0 Å². The standard InChI is InChI=1S/C11H17NO2/c1-3-7-12(8-4-2)11(13)10-6-5-9-14-10/h1,10H,4-9H2,2H3. The molecule has 1 aliphatic heterocycles. The van der Waals surface area contributed by atoms with Crippen LogP contribution in [0.2, 0.25) is 0 Å². The lowest BCUT2D eigenvalue weighted by Crippen LogP contribution is -2.39. The van der Waals surface area contributed by atoms with Gasteiger partial charge in [-0.2, -0.15) is 0 Å². The molecule has 0 aromatic heterocycles. The molecule has 0 saturated carbocycles. The van der Waals surface area contributed by atoms with Crippen molar-refractivity contribution >= 4 is 5.91 Å². The maximum Gasteiger partial charge on any atom is 0.252 e. The summed E-state index contributed by atoms with van der Waals surface area (Å²) < 4.78 is 5.33. The van der Waals surface area contributed by atoms with Gasteiger partial charge in [-0.25, -0.2) is 0 Å². The molecule has 0 spiro atoms. The Morgan fingerprint density at radius 1 is 1.71 bits per heavy atom. The SMILES string of the molecule is C#CCN(CCC)C(=O)C1CCCO1. The second-order valence-electron chi connectivity index (χ2n) is 3.47. The molecule has 0 aliphatic carbocycles. The zero-order chi connectivity index (χ0) is 10.4. The number of hydrogen-bond donors (Lipinski definition) is 0. The maximum absolute atomic E-state index is 11.8. The van der Waals surface area contributed by atoms with Crippen LogP contribution in [0.15, 0.2) is 0 Å². The molecule has 3 nitrogen and oxygen atoms in total. The molecule has 1 saturated heterocycles. The number of hydrogen-bond acceptors (Lipinski definition) is 2. The number of terminal acetylenes is 1. The van der Waals surface area contributed by atoms with Gasteiger partial charge in [-0.05, 0) is 19.3 Å². The number of carbonyl (C=O) groups excluding carboxylic acids is 1. The predicted molar refractivity (Wildman–Crippen MR) is 54.7 cm³/mol. The first-order valence-corrected chi connectivity index (χ1v) is 5.13. The van der Waals surface area contributed by atoms with Crippen LogP contribution in [-0.2, 0) is 9.53 Å². The Morgan fingerprint density at radius 2 is 2.50 bits per heavy atom. The summed E-state index contributed by atoms with van der Waals surface area (Å²) in [4.78, 5) is 13.5. The summed E-state index contributed by atoms with van der Waals surface area (Å²) in [7, 11) is 0. The lowest BCUT2D eigenvalue weighted by molar-refractivity contribution is -0.140. The van der Waals surface area contributed by atoms with E-state index in [-0.39, 0.29) is 12.0 Å².